The van der Waals surface area contributed by atoms with Gasteiger partial charge in [0.05, 0.1) is 0 Å². The summed E-state index contributed by atoms with van der Waals surface area (Å²) in [4.78, 5) is 11.8. The van der Waals surface area contributed by atoms with E-state index in [9.17, 15) is 4.79 Å². The van der Waals surface area contributed by atoms with E-state index in [2.05, 4.69) is 22.8 Å². The van der Waals surface area contributed by atoms with Crippen molar-refractivity contribution in [3.63, 3.8) is 0 Å². The molecule has 23 heavy (non-hydrogen) atoms. The van der Waals surface area contributed by atoms with Crippen molar-refractivity contribution in [1.29, 1.82) is 0 Å². The van der Waals surface area contributed by atoms with Crippen LogP contribution in [0.2, 0.25) is 5.02 Å². The van der Waals surface area contributed by atoms with Crippen molar-refractivity contribution in [2.45, 2.75) is 25.8 Å². The predicted molar refractivity (Wildman–Crippen MR) is 95.5 cm³/mol. The fourth-order valence-electron chi connectivity index (χ4n) is 2.32. The van der Waals surface area contributed by atoms with Crippen LogP contribution in [0, 0.1) is 0 Å². The van der Waals surface area contributed by atoms with E-state index in [0.717, 1.165) is 30.0 Å². The number of nitrogens with one attached hydrogen (secondary N) is 2. The molecule has 0 saturated heterocycles. The van der Waals surface area contributed by atoms with Gasteiger partial charge in [-0.15, -0.1) is 0 Å². The van der Waals surface area contributed by atoms with Gasteiger partial charge in [-0.1, -0.05) is 60.1 Å². The van der Waals surface area contributed by atoms with Crippen molar-refractivity contribution in [1.82, 2.24) is 10.6 Å². The van der Waals surface area contributed by atoms with Gasteiger partial charge in [0.1, 0.15) is 0 Å². The van der Waals surface area contributed by atoms with Gasteiger partial charge < -0.3 is 10.6 Å². The van der Waals surface area contributed by atoms with E-state index in [1.165, 1.54) is 5.56 Å². The molecule has 1 amide bonds. The van der Waals surface area contributed by atoms with Crippen LogP contribution in [-0.2, 0) is 17.8 Å². The van der Waals surface area contributed by atoms with Crippen LogP contribution in [0.3, 0.4) is 0 Å². The lowest BCUT2D eigenvalue weighted by molar-refractivity contribution is -0.121. The molecule has 0 fully saturated rings. The molecule has 4 heteroatoms. The summed E-state index contributed by atoms with van der Waals surface area (Å²) in [5.74, 6) is 0.0877. The molecule has 2 aromatic carbocycles. The lowest BCUT2D eigenvalue weighted by Crippen LogP contribution is -2.28. The second kappa shape index (κ2) is 10.0. The van der Waals surface area contributed by atoms with Crippen molar-refractivity contribution >= 4 is 17.5 Å². The van der Waals surface area contributed by atoms with Gasteiger partial charge in [-0.3, -0.25) is 4.79 Å². The number of halogens is 1. The number of carbonyl (C=O) groups excluding carboxylic acids is 1. The molecule has 2 N–H and O–H groups in total. The van der Waals surface area contributed by atoms with Crippen LogP contribution in [0.25, 0.3) is 0 Å². The van der Waals surface area contributed by atoms with Gasteiger partial charge in [-0.25, -0.2) is 0 Å². The Morgan fingerprint density at radius 3 is 2.48 bits per heavy atom. The third-order valence-corrected chi connectivity index (χ3v) is 3.98. The Kier molecular flexibility index (Phi) is 7.64. The molecular weight excluding hydrogens is 308 g/mol. The third kappa shape index (κ3) is 6.85. The highest BCUT2D eigenvalue weighted by Gasteiger charge is 2.02. The normalized spacial score (nSPS) is 10.5. The minimum atomic E-state index is 0.0877. The molecule has 3 nitrogen and oxygen atoms in total. The van der Waals surface area contributed by atoms with Gasteiger partial charge in [-0.05, 0) is 30.0 Å². The van der Waals surface area contributed by atoms with Crippen LogP contribution in [-0.4, -0.2) is 19.0 Å². The maximum absolute atomic E-state index is 11.8. The molecule has 0 bridgehead atoms. The Labute approximate surface area is 143 Å². The lowest BCUT2D eigenvalue weighted by Gasteiger charge is -2.08. The molecule has 0 heterocycles. The van der Waals surface area contributed by atoms with E-state index < -0.39 is 0 Å². The Morgan fingerprint density at radius 2 is 1.70 bits per heavy atom. The predicted octanol–water partition coefficient (Wildman–Crippen LogP) is 3.57. The maximum Gasteiger partial charge on any atom is 0.221 e. The zero-order valence-corrected chi connectivity index (χ0v) is 14.0. The summed E-state index contributed by atoms with van der Waals surface area (Å²) in [7, 11) is 0. The number of carbonyl (C=O) groups is 1. The Bertz CT molecular complexity index is 601. The summed E-state index contributed by atoms with van der Waals surface area (Å²) in [6, 6.07) is 18.0. The van der Waals surface area contributed by atoms with E-state index in [-0.39, 0.29) is 5.91 Å². The molecule has 0 aliphatic carbocycles. The summed E-state index contributed by atoms with van der Waals surface area (Å²) in [6.45, 7) is 2.05. The fraction of sp³-hybridized carbons (Fsp3) is 0.316. The second-order valence-corrected chi connectivity index (χ2v) is 5.86. The first kappa shape index (κ1) is 17.5. The largest absolute Gasteiger partial charge is 0.356 e. The molecule has 0 radical (unpaired) electrons. The van der Waals surface area contributed by atoms with Crippen LogP contribution >= 0.6 is 11.6 Å². The Hall–Kier alpha value is -1.84. The SMILES string of the molecule is O=C(CCNCc1ccccc1Cl)NCCCc1ccccc1. The third-order valence-electron chi connectivity index (χ3n) is 3.61. The standard InChI is InChI=1S/C19H23ClN2O/c20-18-11-5-4-10-17(18)15-21-14-12-19(23)22-13-6-9-16-7-2-1-3-8-16/h1-5,7-8,10-11,21H,6,9,12-15H2,(H,22,23). The maximum atomic E-state index is 11.8. The average molecular weight is 331 g/mol. The molecule has 0 saturated carbocycles. The molecule has 0 atom stereocenters. The van der Waals surface area contributed by atoms with Gasteiger partial charge in [0, 0.05) is 31.1 Å². The summed E-state index contributed by atoms with van der Waals surface area (Å²) in [5.41, 5.74) is 2.36. The highest BCUT2D eigenvalue weighted by Crippen LogP contribution is 2.14. The van der Waals surface area contributed by atoms with Crippen molar-refractivity contribution in [3.8, 4) is 0 Å². The number of rotatable bonds is 9. The number of amides is 1. The van der Waals surface area contributed by atoms with Gasteiger partial charge in [0.2, 0.25) is 5.91 Å². The summed E-state index contributed by atoms with van der Waals surface area (Å²) >= 11 is 6.08. The van der Waals surface area contributed by atoms with Crippen molar-refractivity contribution < 1.29 is 4.79 Å². The summed E-state index contributed by atoms with van der Waals surface area (Å²) < 4.78 is 0. The Balaban J connectivity index is 1.53. The van der Waals surface area contributed by atoms with Crippen LogP contribution in [0.5, 0.6) is 0 Å². The number of benzene rings is 2. The van der Waals surface area contributed by atoms with Gasteiger partial charge >= 0.3 is 0 Å². The van der Waals surface area contributed by atoms with Crippen molar-refractivity contribution in [3.05, 3.63) is 70.7 Å². The highest BCUT2D eigenvalue weighted by molar-refractivity contribution is 6.31. The van der Waals surface area contributed by atoms with Crippen LogP contribution < -0.4 is 10.6 Å². The van der Waals surface area contributed by atoms with Crippen molar-refractivity contribution in [2.24, 2.45) is 0 Å². The second-order valence-electron chi connectivity index (χ2n) is 5.46. The monoisotopic (exact) mass is 330 g/mol. The molecular formula is C19H23ClN2O. The number of hydrogen-bond acceptors (Lipinski definition) is 2. The van der Waals surface area contributed by atoms with Gasteiger partial charge in [-0.2, -0.15) is 0 Å². The fourth-order valence-corrected chi connectivity index (χ4v) is 2.52. The zero-order valence-electron chi connectivity index (χ0n) is 13.2. The first-order valence-corrected chi connectivity index (χ1v) is 8.38. The number of aryl methyl sites for hydroxylation is 1. The molecule has 2 rings (SSSR count). The van der Waals surface area contributed by atoms with E-state index in [0.29, 0.717) is 19.5 Å². The van der Waals surface area contributed by atoms with Crippen LogP contribution in [0.15, 0.2) is 54.6 Å². The first-order chi connectivity index (χ1) is 11.3. The first-order valence-electron chi connectivity index (χ1n) is 8.00. The van der Waals surface area contributed by atoms with Crippen molar-refractivity contribution in [2.75, 3.05) is 13.1 Å². The minimum Gasteiger partial charge on any atom is -0.356 e. The van der Waals surface area contributed by atoms with Crippen LogP contribution in [0.1, 0.15) is 24.0 Å². The molecule has 0 aliphatic heterocycles. The van der Waals surface area contributed by atoms with E-state index in [4.69, 9.17) is 11.6 Å². The van der Waals surface area contributed by atoms with E-state index >= 15 is 0 Å². The molecule has 0 spiro atoms. The molecule has 122 valence electrons. The average Bonchev–Trinajstić information content (AvgIpc) is 2.58. The quantitative estimate of drug-likeness (QED) is 0.690. The molecule has 0 unspecified atom stereocenters. The van der Waals surface area contributed by atoms with Gasteiger partial charge in [0.15, 0.2) is 0 Å². The summed E-state index contributed by atoms with van der Waals surface area (Å²) in [5, 5.41) is 6.96. The topological polar surface area (TPSA) is 41.1 Å². The lowest BCUT2D eigenvalue weighted by atomic mass is 10.1. The highest BCUT2D eigenvalue weighted by atomic mass is 35.5. The molecule has 0 aromatic heterocycles. The minimum absolute atomic E-state index is 0.0877. The Morgan fingerprint density at radius 1 is 0.957 bits per heavy atom. The summed E-state index contributed by atoms with van der Waals surface area (Å²) in [6.07, 6.45) is 2.43. The zero-order chi connectivity index (χ0) is 16.3. The number of hydrogen-bond donors (Lipinski definition) is 2. The molecule has 2 aromatic rings. The molecule has 0 aliphatic rings. The smallest absolute Gasteiger partial charge is 0.221 e. The van der Waals surface area contributed by atoms with Gasteiger partial charge in [0.25, 0.3) is 0 Å². The van der Waals surface area contributed by atoms with Crippen LogP contribution in [0.4, 0.5) is 0 Å². The van der Waals surface area contributed by atoms with E-state index in [1.54, 1.807) is 0 Å². The van der Waals surface area contributed by atoms with E-state index in [1.807, 2.05) is 42.5 Å².